The quantitative estimate of drug-likeness (QED) is 0.631. The monoisotopic (exact) mass is 305 g/mol. The Balaban J connectivity index is 2.31. The lowest BCUT2D eigenvalue weighted by Crippen LogP contribution is -2.42. The van der Waals surface area contributed by atoms with Crippen LogP contribution in [0.15, 0.2) is 0 Å². The van der Waals surface area contributed by atoms with Crippen LogP contribution in [0.2, 0.25) is 0 Å². The van der Waals surface area contributed by atoms with Crippen molar-refractivity contribution >= 4 is 15.9 Å². The maximum absolute atomic E-state index is 11.9. The third kappa shape index (κ3) is 7.21. The Kier molecular flexibility index (Phi) is 6.91. The van der Waals surface area contributed by atoms with Gasteiger partial charge in [0.1, 0.15) is 5.75 Å². The zero-order chi connectivity index (χ0) is 15.2. The molecule has 1 aliphatic carbocycles. The molecule has 0 spiro atoms. The molecule has 0 saturated heterocycles. The standard InChI is InChI=1S/C13H27N3O3S/c1-10-3-5-12(6-4-10)16-20(18,19)9-13(17)15-8-7-11(2)14/h10-12,16H,3-9,14H2,1-2H3,(H,15,17). The topological polar surface area (TPSA) is 101 Å². The molecule has 1 unspecified atom stereocenters. The van der Waals surface area contributed by atoms with Crippen LogP contribution in [0.5, 0.6) is 0 Å². The summed E-state index contributed by atoms with van der Waals surface area (Å²) in [4.78, 5) is 11.6. The van der Waals surface area contributed by atoms with E-state index < -0.39 is 21.7 Å². The summed E-state index contributed by atoms with van der Waals surface area (Å²) in [6.45, 7) is 4.43. The Hall–Kier alpha value is -0.660. The summed E-state index contributed by atoms with van der Waals surface area (Å²) in [7, 11) is -3.54. The van der Waals surface area contributed by atoms with Crippen molar-refractivity contribution in [1.29, 1.82) is 0 Å². The van der Waals surface area contributed by atoms with E-state index in [1.165, 1.54) is 0 Å². The second-order valence-corrected chi connectivity index (χ2v) is 7.70. The van der Waals surface area contributed by atoms with Crippen molar-refractivity contribution in [3.8, 4) is 0 Å². The van der Waals surface area contributed by atoms with E-state index in [9.17, 15) is 13.2 Å². The lowest BCUT2D eigenvalue weighted by atomic mass is 9.88. The molecule has 1 aliphatic rings. The molecule has 1 atom stereocenters. The Morgan fingerprint density at radius 3 is 2.45 bits per heavy atom. The van der Waals surface area contributed by atoms with E-state index in [-0.39, 0.29) is 12.1 Å². The second-order valence-electron chi connectivity index (χ2n) is 5.95. The highest BCUT2D eigenvalue weighted by atomic mass is 32.2. The van der Waals surface area contributed by atoms with Crippen LogP contribution in [-0.4, -0.2) is 38.7 Å². The highest BCUT2D eigenvalue weighted by Gasteiger charge is 2.24. The zero-order valence-electron chi connectivity index (χ0n) is 12.4. The minimum absolute atomic E-state index is 0.00531. The van der Waals surface area contributed by atoms with Gasteiger partial charge in [-0.2, -0.15) is 0 Å². The van der Waals surface area contributed by atoms with Gasteiger partial charge in [-0.25, -0.2) is 13.1 Å². The summed E-state index contributed by atoms with van der Waals surface area (Å²) in [6.07, 6.45) is 4.42. The van der Waals surface area contributed by atoms with Gasteiger partial charge in [0.2, 0.25) is 15.9 Å². The molecule has 1 fully saturated rings. The molecule has 7 heteroatoms. The molecule has 0 heterocycles. The average molecular weight is 305 g/mol. The number of amides is 1. The highest BCUT2D eigenvalue weighted by Crippen LogP contribution is 2.23. The predicted molar refractivity (Wildman–Crippen MR) is 79.6 cm³/mol. The summed E-state index contributed by atoms with van der Waals surface area (Å²) in [5, 5.41) is 2.58. The van der Waals surface area contributed by atoms with Gasteiger partial charge >= 0.3 is 0 Å². The van der Waals surface area contributed by atoms with Crippen molar-refractivity contribution < 1.29 is 13.2 Å². The van der Waals surface area contributed by atoms with Gasteiger partial charge in [0.05, 0.1) is 0 Å². The molecule has 0 aromatic rings. The summed E-state index contributed by atoms with van der Waals surface area (Å²) < 4.78 is 26.4. The van der Waals surface area contributed by atoms with Crippen LogP contribution in [-0.2, 0) is 14.8 Å². The van der Waals surface area contributed by atoms with Gasteiger partial charge in [-0.3, -0.25) is 4.79 Å². The van der Waals surface area contributed by atoms with Crippen molar-refractivity contribution in [3.63, 3.8) is 0 Å². The molecule has 0 aromatic carbocycles. The van der Waals surface area contributed by atoms with E-state index in [1.807, 2.05) is 6.92 Å². The SMILES string of the molecule is CC(N)CCNC(=O)CS(=O)(=O)NC1CCC(C)CC1. The van der Waals surface area contributed by atoms with Crippen molar-refractivity contribution in [2.24, 2.45) is 11.7 Å². The Morgan fingerprint density at radius 2 is 1.90 bits per heavy atom. The summed E-state index contributed by atoms with van der Waals surface area (Å²) in [6, 6.07) is -0.0256. The van der Waals surface area contributed by atoms with E-state index in [0.717, 1.165) is 25.7 Å². The van der Waals surface area contributed by atoms with Gasteiger partial charge in [0.25, 0.3) is 0 Å². The Bertz CT molecular complexity index is 401. The van der Waals surface area contributed by atoms with Crippen LogP contribution in [0, 0.1) is 5.92 Å². The molecule has 4 N–H and O–H groups in total. The Morgan fingerprint density at radius 1 is 1.30 bits per heavy atom. The number of carbonyl (C=O) groups is 1. The largest absolute Gasteiger partial charge is 0.355 e. The number of carbonyl (C=O) groups excluding carboxylic acids is 1. The molecule has 0 aliphatic heterocycles. The molecular weight excluding hydrogens is 278 g/mol. The van der Waals surface area contributed by atoms with Gasteiger partial charge in [0, 0.05) is 18.6 Å². The molecular formula is C13H27N3O3S. The summed E-state index contributed by atoms with van der Waals surface area (Å²) >= 11 is 0. The minimum Gasteiger partial charge on any atom is -0.355 e. The molecule has 1 rings (SSSR count). The maximum atomic E-state index is 11.9. The lowest BCUT2D eigenvalue weighted by molar-refractivity contribution is -0.118. The van der Waals surface area contributed by atoms with Gasteiger partial charge in [-0.05, 0) is 44.9 Å². The highest BCUT2D eigenvalue weighted by molar-refractivity contribution is 7.90. The normalized spacial score (nSPS) is 25.1. The summed E-state index contributed by atoms with van der Waals surface area (Å²) in [5.41, 5.74) is 5.56. The van der Waals surface area contributed by atoms with Crippen LogP contribution in [0.3, 0.4) is 0 Å². The number of nitrogens with one attached hydrogen (secondary N) is 2. The average Bonchev–Trinajstić information content (AvgIpc) is 2.30. The number of hydrogen-bond donors (Lipinski definition) is 3. The van der Waals surface area contributed by atoms with Crippen molar-refractivity contribution in [2.45, 2.75) is 58.0 Å². The first-order chi connectivity index (χ1) is 9.28. The van der Waals surface area contributed by atoms with E-state index in [1.54, 1.807) is 0 Å². The number of rotatable bonds is 7. The van der Waals surface area contributed by atoms with E-state index in [4.69, 9.17) is 5.73 Å². The first kappa shape index (κ1) is 17.4. The van der Waals surface area contributed by atoms with Crippen LogP contribution in [0.25, 0.3) is 0 Å². The molecule has 0 radical (unpaired) electrons. The predicted octanol–water partition coefficient (Wildman–Crippen LogP) is 0.338. The van der Waals surface area contributed by atoms with Gasteiger partial charge < -0.3 is 11.1 Å². The van der Waals surface area contributed by atoms with Gasteiger partial charge in [-0.15, -0.1) is 0 Å². The van der Waals surface area contributed by atoms with Crippen LogP contribution < -0.4 is 15.8 Å². The molecule has 1 saturated carbocycles. The molecule has 0 bridgehead atoms. The van der Waals surface area contributed by atoms with Crippen molar-refractivity contribution in [3.05, 3.63) is 0 Å². The second kappa shape index (κ2) is 7.95. The van der Waals surface area contributed by atoms with E-state index in [2.05, 4.69) is 17.0 Å². The molecule has 118 valence electrons. The lowest BCUT2D eigenvalue weighted by Gasteiger charge is -2.26. The minimum atomic E-state index is -3.54. The maximum Gasteiger partial charge on any atom is 0.236 e. The smallest absolute Gasteiger partial charge is 0.236 e. The van der Waals surface area contributed by atoms with Crippen molar-refractivity contribution in [1.82, 2.24) is 10.0 Å². The Labute approximate surface area is 121 Å². The van der Waals surface area contributed by atoms with Crippen molar-refractivity contribution in [2.75, 3.05) is 12.3 Å². The first-order valence-corrected chi connectivity index (χ1v) is 8.96. The number of nitrogens with two attached hydrogens (primary N) is 1. The fourth-order valence-corrected chi connectivity index (χ4v) is 3.61. The molecule has 20 heavy (non-hydrogen) atoms. The third-order valence-corrected chi connectivity index (χ3v) is 4.94. The molecule has 0 aromatic heterocycles. The first-order valence-electron chi connectivity index (χ1n) is 7.31. The van der Waals surface area contributed by atoms with E-state index >= 15 is 0 Å². The fraction of sp³-hybridized carbons (Fsp3) is 0.923. The van der Waals surface area contributed by atoms with Crippen LogP contribution in [0.4, 0.5) is 0 Å². The number of sulfonamides is 1. The van der Waals surface area contributed by atoms with Crippen LogP contribution >= 0.6 is 0 Å². The third-order valence-electron chi connectivity index (χ3n) is 3.61. The van der Waals surface area contributed by atoms with Gasteiger partial charge in [-0.1, -0.05) is 6.92 Å². The number of hydrogen-bond acceptors (Lipinski definition) is 4. The van der Waals surface area contributed by atoms with E-state index in [0.29, 0.717) is 18.9 Å². The fourth-order valence-electron chi connectivity index (χ4n) is 2.34. The molecule has 6 nitrogen and oxygen atoms in total. The zero-order valence-corrected chi connectivity index (χ0v) is 13.2. The van der Waals surface area contributed by atoms with Crippen LogP contribution in [0.1, 0.15) is 46.0 Å². The van der Waals surface area contributed by atoms with Gasteiger partial charge in [0.15, 0.2) is 0 Å². The molecule has 1 amide bonds. The summed E-state index contributed by atoms with van der Waals surface area (Å²) in [5.74, 6) is -0.308.